The Kier molecular flexibility index (Phi) is 17.7. The molecule has 1 radical (unpaired) electrons. The van der Waals surface area contributed by atoms with Gasteiger partial charge in [-0.05, 0) is 24.3 Å². The molecule has 0 saturated carbocycles. The largest absolute Gasteiger partial charge is 0.478 e. The van der Waals surface area contributed by atoms with Crippen LogP contribution in [0.3, 0.4) is 0 Å². The Hall–Kier alpha value is -0.821. The average molecular weight is 560 g/mol. The number of carboxylic acid groups (broad SMARTS) is 1. The number of nitrogens with one attached hydrogen (secondary N) is 1. The van der Waals surface area contributed by atoms with Crippen molar-refractivity contribution in [3.63, 3.8) is 0 Å². The van der Waals surface area contributed by atoms with E-state index in [0.29, 0.717) is 5.69 Å². The maximum absolute atomic E-state index is 11.1. The van der Waals surface area contributed by atoms with Gasteiger partial charge in [0.1, 0.15) is 0 Å². The zero-order valence-electron chi connectivity index (χ0n) is 17.5. The van der Waals surface area contributed by atoms with Crippen molar-refractivity contribution in [3.8, 4) is 0 Å². The van der Waals surface area contributed by atoms with Crippen LogP contribution < -0.4 is 5.32 Å². The fourth-order valence-corrected chi connectivity index (χ4v) is 12.2. The van der Waals surface area contributed by atoms with Gasteiger partial charge in [-0.15, -0.1) is 0 Å². The van der Waals surface area contributed by atoms with E-state index >= 15 is 0 Å². The monoisotopic (exact) mass is 560 g/mol. The SMILES string of the molecule is CCC[CH2][Sn]([CH2]CCC)[CH2]CCC.O=C(O)/C=C/C(=O)Nc1ccc(Br)cc1. The fourth-order valence-electron chi connectivity index (χ4n) is 2.52. The number of hydrogen-bond acceptors (Lipinski definition) is 2. The quantitative estimate of drug-likeness (QED) is 0.216. The van der Waals surface area contributed by atoms with Crippen LogP contribution in [0.2, 0.25) is 13.3 Å². The molecule has 6 heteroatoms. The van der Waals surface area contributed by atoms with Gasteiger partial charge in [0.2, 0.25) is 5.91 Å². The minimum atomic E-state index is -1.15. The Morgan fingerprint density at radius 3 is 1.79 bits per heavy atom. The van der Waals surface area contributed by atoms with Gasteiger partial charge < -0.3 is 10.4 Å². The smallest absolute Gasteiger partial charge is 0.328 e. The van der Waals surface area contributed by atoms with E-state index in [2.05, 4.69) is 42.0 Å². The molecule has 0 atom stereocenters. The third kappa shape index (κ3) is 16.2. The van der Waals surface area contributed by atoms with E-state index in [1.54, 1.807) is 37.6 Å². The van der Waals surface area contributed by atoms with E-state index in [-0.39, 0.29) is 0 Å². The van der Waals surface area contributed by atoms with Gasteiger partial charge in [-0.1, -0.05) is 15.9 Å². The fraction of sp³-hybridized carbons (Fsp3) is 0.545. The number of carbonyl (C=O) groups excluding carboxylic acids is 1. The summed E-state index contributed by atoms with van der Waals surface area (Å²) in [5.41, 5.74) is 0.609. The standard InChI is InChI=1S/C10H8BrNO3.3C4H9.Sn/c11-7-1-3-8(4-2-7)12-9(13)5-6-10(14)15;3*1-3-4-2;/h1-6H,(H,12,13)(H,14,15);3*1,3-4H2,2H3;/b6-5+;;;;. The number of halogens is 1. The predicted octanol–water partition coefficient (Wildman–Crippen LogP) is 6.91. The van der Waals surface area contributed by atoms with E-state index in [1.165, 1.54) is 38.5 Å². The van der Waals surface area contributed by atoms with Gasteiger partial charge in [-0.3, -0.25) is 4.79 Å². The molecule has 0 saturated heterocycles. The molecule has 157 valence electrons. The van der Waals surface area contributed by atoms with Crippen LogP contribution in [0.25, 0.3) is 0 Å². The summed E-state index contributed by atoms with van der Waals surface area (Å²) in [4.78, 5) is 21.3. The van der Waals surface area contributed by atoms with E-state index in [0.717, 1.165) is 16.6 Å². The van der Waals surface area contributed by atoms with Gasteiger partial charge in [0.15, 0.2) is 0 Å². The van der Waals surface area contributed by atoms with Crippen LogP contribution in [0, 0.1) is 0 Å². The van der Waals surface area contributed by atoms with Crippen LogP contribution in [0.15, 0.2) is 40.9 Å². The second-order valence-corrected chi connectivity index (χ2v) is 16.2. The van der Waals surface area contributed by atoms with Crippen LogP contribution >= 0.6 is 15.9 Å². The summed E-state index contributed by atoms with van der Waals surface area (Å²) < 4.78 is 5.94. The number of aliphatic carboxylic acids is 1. The number of carboxylic acids is 1. The average Bonchev–Trinajstić information content (AvgIpc) is 2.68. The first-order chi connectivity index (χ1) is 13.4. The number of hydrogen-bond donors (Lipinski definition) is 2. The summed E-state index contributed by atoms with van der Waals surface area (Å²) in [7, 11) is 0. The molecule has 2 N–H and O–H groups in total. The molecule has 0 aliphatic carbocycles. The molecule has 0 fully saturated rings. The molecule has 0 bridgehead atoms. The predicted molar refractivity (Wildman–Crippen MR) is 124 cm³/mol. The Bertz CT molecular complexity index is 557. The maximum atomic E-state index is 11.1. The first-order valence-electron chi connectivity index (χ1n) is 10.2. The summed E-state index contributed by atoms with van der Waals surface area (Å²) in [5.74, 6) is -1.62. The van der Waals surface area contributed by atoms with Gasteiger partial charge in [0.25, 0.3) is 0 Å². The summed E-state index contributed by atoms with van der Waals surface area (Å²) in [5, 5.41) is 10.8. The molecule has 28 heavy (non-hydrogen) atoms. The molecule has 0 aliphatic heterocycles. The normalized spacial score (nSPS) is 10.6. The van der Waals surface area contributed by atoms with Crippen molar-refractivity contribution in [3.05, 3.63) is 40.9 Å². The van der Waals surface area contributed by atoms with Crippen LogP contribution in [-0.2, 0) is 9.59 Å². The summed E-state index contributed by atoms with van der Waals surface area (Å²) in [6, 6.07) is 6.96. The Balaban J connectivity index is 0.000000528. The summed E-state index contributed by atoms with van der Waals surface area (Å²) in [6.07, 6.45) is 10.6. The first kappa shape index (κ1) is 27.2. The third-order valence-electron chi connectivity index (χ3n) is 4.14. The third-order valence-corrected chi connectivity index (χ3v) is 13.8. The minimum Gasteiger partial charge on any atom is -0.478 e. The summed E-state index contributed by atoms with van der Waals surface area (Å²) >= 11 is 2.42. The molecular weight excluding hydrogens is 525 g/mol. The van der Waals surface area contributed by atoms with Crippen LogP contribution in [0.4, 0.5) is 5.69 Å². The first-order valence-corrected chi connectivity index (χ1v) is 17.1. The second kappa shape index (κ2) is 18.2. The minimum absolute atomic E-state index is 0.472. The van der Waals surface area contributed by atoms with Gasteiger partial charge in [0, 0.05) is 22.3 Å². The topological polar surface area (TPSA) is 66.4 Å². The van der Waals surface area contributed by atoms with Crippen molar-refractivity contribution in [2.24, 2.45) is 0 Å². The molecule has 0 heterocycles. The molecule has 4 nitrogen and oxygen atoms in total. The van der Waals surface area contributed by atoms with Crippen molar-refractivity contribution in [1.82, 2.24) is 0 Å². The molecule has 0 aliphatic rings. The van der Waals surface area contributed by atoms with E-state index < -0.39 is 31.6 Å². The van der Waals surface area contributed by atoms with Crippen LogP contribution in [0.1, 0.15) is 59.3 Å². The number of rotatable bonds is 12. The number of unbranched alkanes of at least 4 members (excludes halogenated alkanes) is 3. The molecule has 1 aromatic rings. The molecular formula is C22H35BrNO3Sn. The Morgan fingerprint density at radius 2 is 1.39 bits per heavy atom. The van der Waals surface area contributed by atoms with Crippen molar-refractivity contribution in [2.75, 3.05) is 5.32 Å². The second-order valence-electron chi connectivity index (χ2n) is 6.73. The molecule has 0 aromatic heterocycles. The zero-order valence-corrected chi connectivity index (χ0v) is 21.9. The van der Waals surface area contributed by atoms with E-state index in [9.17, 15) is 9.59 Å². The molecule has 0 spiro atoms. The molecule has 0 unspecified atom stereocenters. The summed E-state index contributed by atoms with van der Waals surface area (Å²) in [6.45, 7) is 7.00. The maximum Gasteiger partial charge on any atom is 0.328 e. The molecule has 1 rings (SSSR count). The Labute approximate surface area is 186 Å². The van der Waals surface area contributed by atoms with Gasteiger partial charge in [-0.2, -0.15) is 0 Å². The Morgan fingerprint density at radius 1 is 0.929 bits per heavy atom. The van der Waals surface area contributed by atoms with Crippen molar-refractivity contribution >= 4 is 53.3 Å². The molecule has 1 amide bonds. The van der Waals surface area contributed by atoms with Gasteiger partial charge in [0.05, 0.1) is 0 Å². The number of amides is 1. The molecule has 1 aromatic carbocycles. The van der Waals surface area contributed by atoms with Crippen molar-refractivity contribution < 1.29 is 14.7 Å². The number of benzene rings is 1. The zero-order chi connectivity index (χ0) is 21.2. The van der Waals surface area contributed by atoms with E-state index in [1.807, 2.05) is 0 Å². The van der Waals surface area contributed by atoms with E-state index in [4.69, 9.17) is 5.11 Å². The van der Waals surface area contributed by atoms with Crippen molar-refractivity contribution in [2.45, 2.75) is 72.6 Å². The van der Waals surface area contributed by atoms with Gasteiger partial charge >= 0.3 is 98.3 Å². The van der Waals surface area contributed by atoms with Gasteiger partial charge in [-0.25, -0.2) is 4.79 Å². The number of carbonyl (C=O) groups is 2. The number of anilines is 1. The van der Waals surface area contributed by atoms with Crippen LogP contribution in [0.5, 0.6) is 0 Å². The van der Waals surface area contributed by atoms with Crippen molar-refractivity contribution in [1.29, 1.82) is 0 Å². The van der Waals surface area contributed by atoms with Crippen LogP contribution in [-0.4, -0.2) is 36.7 Å².